The minimum Gasteiger partial charge on any atom is -0.444 e. The first kappa shape index (κ1) is 14.1. The van der Waals surface area contributed by atoms with Crippen LogP contribution in [0.1, 0.15) is 27.2 Å². The molecule has 0 aromatic rings. The molecule has 0 bridgehead atoms. The Morgan fingerprint density at radius 1 is 1.42 bits per heavy atom. The molecule has 0 radical (unpaired) electrons. The Balaban J connectivity index is 1.96. The summed E-state index contributed by atoms with van der Waals surface area (Å²) in [5.74, 6) is 0.00645. The number of carbonyl (C=O) groups is 2. The molecule has 2 rings (SSSR count). The second kappa shape index (κ2) is 5.00. The van der Waals surface area contributed by atoms with E-state index < -0.39 is 5.60 Å². The molecule has 0 saturated carbocycles. The number of likely N-dealkylation sites (N-methyl/N-ethyl adjacent to an activating group) is 1. The Morgan fingerprint density at radius 2 is 2.11 bits per heavy atom. The lowest BCUT2D eigenvalue weighted by Gasteiger charge is -2.45. The fraction of sp³-hybridized carbons (Fsp3) is 0.846. The quantitative estimate of drug-likeness (QED) is 0.655. The van der Waals surface area contributed by atoms with Crippen LogP contribution in [-0.4, -0.2) is 66.3 Å². The van der Waals surface area contributed by atoms with Gasteiger partial charge in [-0.2, -0.15) is 0 Å². The van der Waals surface area contributed by atoms with Gasteiger partial charge in [-0.1, -0.05) is 0 Å². The summed E-state index contributed by atoms with van der Waals surface area (Å²) in [6.07, 6.45) is 0.310. The Morgan fingerprint density at radius 3 is 2.74 bits per heavy atom. The number of rotatable bonds is 0. The molecule has 1 unspecified atom stereocenters. The highest BCUT2D eigenvalue weighted by molar-refractivity contribution is 5.78. The normalized spacial score (nSPS) is 28.1. The molecule has 108 valence electrons. The average Bonchev–Trinajstić information content (AvgIpc) is 2.31. The van der Waals surface area contributed by atoms with Crippen molar-refractivity contribution in [2.24, 2.45) is 0 Å². The van der Waals surface area contributed by atoms with Crippen molar-refractivity contribution in [2.75, 3.05) is 26.7 Å². The number of nitrogens with zero attached hydrogens (tertiary/aromatic N) is 2. The number of carbonyl (C=O) groups excluding carboxylic acids is 2. The van der Waals surface area contributed by atoms with Gasteiger partial charge in [0.25, 0.3) is 0 Å². The standard InChI is InChI=1S/C13H22N2O4/c1-13(2,3)19-12(17)15-6-5-9-10(7-15)18-8-11(16)14(9)4/h9-10H,5-8H2,1-4H3/t9-,10?/m1/s1. The summed E-state index contributed by atoms with van der Waals surface area (Å²) in [6.45, 7) is 6.72. The predicted molar refractivity (Wildman–Crippen MR) is 68.7 cm³/mol. The SMILES string of the molecule is CN1C(=O)COC2CN(C(=O)OC(C)(C)C)CC[C@H]21. The highest BCUT2D eigenvalue weighted by atomic mass is 16.6. The van der Waals surface area contributed by atoms with E-state index in [1.54, 1.807) is 16.8 Å². The van der Waals surface area contributed by atoms with Gasteiger partial charge in [0.2, 0.25) is 5.91 Å². The van der Waals surface area contributed by atoms with Crippen LogP contribution in [0.4, 0.5) is 4.79 Å². The monoisotopic (exact) mass is 270 g/mol. The molecule has 2 aliphatic rings. The second-order valence-electron chi connectivity index (χ2n) is 6.14. The lowest BCUT2D eigenvalue weighted by molar-refractivity contribution is -0.159. The number of hydrogen-bond acceptors (Lipinski definition) is 4. The van der Waals surface area contributed by atoms with Crippen molar-refractivity contribution in [3.8, 4) is 0 Å². The summed E-state index contributed by atoms with van der Waals surface area (Å²) in [5.41, 5.74) is -0.492. The molecule has 2 aliphatic heterocycles. The molecular weight excluding hydrogens is 248 g/mol. The molecule has 2 atom stereocenters. The summed E-state index contributed by atoms with van der Waals surface area (Å²) in [6, 6.07) is 0.0694. The van der Waals surface area contributed by atoms with Crippen molar-refractivity contribution >= 4 is 12.0 Å². The Bertz CT molecular complexity index is 377. The van der Waals surface area contributed by atoms with Crippen LogP contribution in [0.15, 0.2) is 0 Å². The first-order valence-electron chi connectivity index (χ1n) is 6.63. The van der Waals surface area contributed by atoms with E-state index in [0.29, 0.717) is 13.1 Å². The number of piperidine rings is 1. The van der Waals surface area contributed by atoms with E-state index in [0.717, 1.165) is 6.42 Å². The van der Waals surface area contributed by atoms with E-state index in [-0.39, 0.29) is 30.8 Å². The molecule has 2 saturated heterocycles. The molecule has 2 heterocycles. The number of amides is 2. The van der Waals surface area contributed by atoms with Gasteiger partial charge in [-0.3, -0.25) is 4.79 Å². The number of hydrogen-bond donors (Lipinski definition) is 0. The maximum Gasteiger partial charge on any atom is 0.410 e. The topological polar surface area (TPSA) is 59.1 Å². The van der Waals surface area contributed by atoms with Gasteiger partial charge >= 0.3 is 6.09 Å². The molecule has 0 N–H and O–H groups in total. The van der Waals surface area contributed by atoms with Gasteiger partial charge in [0.1, 0.15) is 12.2 Å². The molecular formula is C13H22N2O4. The third kappa shape index (κ3) is 3.18. The van der Waals surface area contributed by atoms with E-state index in [1.165, 1.54) is 0 Å². The highest BCUT2D eigenvalue weighted by Gasteiger charge is 2.40. The minimum atomic E-state index is -0.492. The zero-order valence-electron chi connectivity index (χ0n) is 12.0. The van der Waals surface area contributed by atoms with Crippen LogP contribution in [0.2, 0.25) is 0 Å². The van der Waals surface area contributed by atoms with Gasteiger partial charge in [0, 0.05) is 13.6 Å². The first-order chi connectivity index (χ1) is 8.78. The van der Waals surface area contributed by atoms with Gasteiger partial charge in [-0.05, 0) is 27.2 Å². The van der Waals surface area contributed by atoms with Gasteiger partial charge in [0.05, 0.1) is 18.7 Å². The van der Waals surface area contributed by atoms with Gasteiger partial charge < -0.3 is 19.3 Å². The molecule has 6 nitrogen and oxygen atoms in total. The summed E-state index contributed by atoms with van der Waals surface area (Å²) < 4.78 is 10.9. The lowest BCUT2D eigenvalue weighted by Crippen LogP contribution is -2.61. The van der Waals surface area contributed by atoms with Gasteiger partial charge in [0.15, 0.2) is 0 Å². The van der Waals surface area contributed by atoms with Crippen molar-refractivity contribution in [3.05, 3.63) is 0 Å². The van der Waals surface area contributed by atoms with Crippen molar-refractivity contribution in [1.82, 2.24) is 9.80 Å². The van der Waals surface area contributed by atoms with Crippen LogP contribution < -0.4 is 0 Å². The molecule has 0 aromatic carbocycles. The van der Waals surface area contributed by atoms with Crippen molar-refractivity contribution in [3.63, 3.8) is 0 Å². The average molecular weight is 270 g/mol. The van der Waals surface area contributed by atoms with E-state index >= 15 is 0 Å². The number of ether oxygens (including phenoxy) is 2. The molecule has 0 spiro atoms. The van der Waals surface area contributed by atoms with Crippen LogP contribution in [0.25, 0.3) is 0 Å². The highest BCUT2D eigenvalue weighted by Crippen LogP contribution is 2.23. The second-order valence-corrected chi connectivity index (χ2v) is 6.14. The molecule has 0 aliphatic carbocycles. The smallest absolute Gasteiger partial charge is 0.410 e. The third-order valence-electron chi connectivity index (χ3n) is 3.49. The number of likely N-dealkylation sites (tertiary alicyclic amines) is 1. The van der Waals surface area contributed by atoms with Gasteiger partial charge in [-0.15, -0.1) is 0 Å². The number of fused-ring (bicyclic) bond motifs is 1. The Labute approximate surface area is 113 Å². The van der Waals surface area contributed by atoms with Gasteiger partial charge in [-0.25, -0.2) is 4.79 Å². The van der Waals surface area contributed by atoms with Crippen LogP contribution in [-0.2, 0) is 14.3 Å². The third-order valence-corrected chi connectivity index (χ3v) is 3.49. The fourth-order valence-corrected chi connectivity index (χ4v) is 2.47. The molecule has 0 aromatic heterocycles. The zero-order chi connectivity index (χ0) is 14.2. The zero-order valence-corrected chi connectivity index (χ0v) is 12.0. The van der Waals surface area contributed by atoms with Crippen LogP contribution >= 0.6 is 0 Å². The van der Waals surface area contributed by atoms with Crippen LogP contribution in [0.3, 0.4) is 0 Å². The molecule has 2 fully saturated rings. The molecule has 19 heavy (non-hydrogen) atoms. The van der Waals surface area contributed by atoms with E-state index in [2.05, 4.69) is 0 Å². The van der Waals surface area contributed by atoms with Crippen LogP contribution in [0, 0.1) is 0 Å². The van der Waals surface area contributed by atoms with Crippen LogP contribution in [0.5, 0.6) is 0 Å². The summed E-state index contributed by atoms with van der Waals surface area (Å²) in [4.78, 5) is 26.9. The predicted octanol–water partition coefficient (Wildman–Crippen LogP) is 0.853. The van der Waals surface area contributed by atoms with Crippen molar-refractivity contribution < 1.29 is 19.1 Å². The first-order valence-corrected chi connectivity index (χ1v) is 6.63. The minimum absolute atomic E-state index is 0.00645. The molecule has 2 amide bonds. The van der Waals surface area contributed by atoms with Crippen molar-refractivity contribution in [2.45, 2.75) is 44.9 Å². The Kier molecular flexibility index (Phi) is 3.71. The summed E-state index contributed by atoms with van der Waals surface area (Å²) in [5, 5.41) is 0. The van der Waals surface area contributed by atoms with E-state index in [1.807, 2.05) is 20.8 Å². The van der Waals surface area contributed by atoms with Crippen molar-refractivity contribution in [1.29, 1.82) is 0 Å². The summed E-state index contributed by atoms with van der Waals surface area (Å²) in [7, 11) is 1.80. The van der Waals surface area contributed by atoms with E-state index in [9.17, 15) is 9.59 Å². The lowest BCUT2D eigenvalue weighted by atomic mass is 9.99. The largest absolute Gasteiger partial charge is 0.444 e. The van der Waals surface area contributed by atoms with E-state index in [4.69, 9.17) is 9.47 Å². The maximum atomic E-state index is 12.0. The summed E-state index contributed by atoms with van der Waals surface area (Å²) >= 11 is 0. The number of morpholine rings is 1. The fourth-order valence-electron chi connectivity index (χ4n) is 2.47. The Hall–Kier alpha value is -1.30. The molecule has 6 heteroatoms. The maximum absolute atomic E-state index is 12.0.